The molecule has 3 nitrogen and oxygen atoms in total. The van der Waals surface area contributed by atoms with Crippen LogP contribution in [0.4, 0.5) is 5.69 Å². The standard InChI is InChI=1S/C15H17NO2/c1-17-14-7-3-11(4-8-14)9-12-5-6-13(16)10-15(12)18-2/h3-8,10H,9,16H2,1-2H3. The summed E-state index contributed by atoms with van der Waals surface area (Å²) in [7, 11) is 3.32. The van der Waals surface area contributed by atoms with Gasteiger partial charge in [-0.05, 0) is 29.3 Å². The van der Waals surface area contributed by atoms with Gasteiger partial charge in [0.05, 0.1) is 14.2 Å². The van der Waals surface area contributed by atoms with E-state index in [0.29, 0.717) is 5.69 Å². The third kappa shape index (κ3) is 2.74. The zero-order chi connectivity index (χ0) is 13.0. The van der Waals surface area contributed by atoms with E-state index in [1.54, 1.807) is 14.2 Å². The number of hydrogen-bond donors (Lipinski definition) is 1. The highest BCUT2D eigenvalue weighted by Gasteiger charge is 2.04. The number of ether oxygens (including phenoxy) is 2. The fourth-order valence-electron chi connectivity index (χ4n) is 1.87. The van der Waals surface area contributed by atoms with Crippen molar-refractivity contribution in [3.63, 3.8) is 0 Å². The second-order valence-corrected chi connectivity index (χ2v) is 4.10. The topological polar surface area (TPSA) is 44.5 Å². The van der Waals surface area contributed by atoms with Crippen LogP contribution in [0.3, 0.4) is 0 Å². The molecule has 0 radical (unpaired) electrons. The van der Waals surface area contributed by atoms with Crippen molar-refractivity contribution in [3.8, 4) is 11.5 Å². The number of nitrogen functional groups attached to an aromatic ring is 1. The first-order valence-corrected chi connectivity index (χ1v) is 5.78. The molecule has 0 aromatic heterocycles. The predicted octanol–water partition coefficient (Wildman–Crippen LogP) is 2.88. The van der Waals surface area contributed by atoms with Crippen LogP contribution in [-0.2, 0) is 6.42 Å². The molecule has 2 N–H and O–H groups in total. The first-order chi connectivity index (χ1) is 8.72. The molecule has 0 heterocycles. The van der Waals surface area contributed by atoms with E-state index >= 15 is 0 Å². The van der Waals surface area contributed by atoms with E-state index in [1.807, 2.05) is 30.3 Å². The zero-order valence-corrected chi connectivity index (χ0v) is 10.6. The lowest BCUT2D eigenvalue weighted by Crippen LogP contribution is -1.96. The molecule has 0 fully saturated rings. The van der Waals surface area contributed by atoms with Gasteiger partial charge in [-0.1, -0.05) is 18.2 Å². The molecule has 0 aliphatic rings. The highest BCUT2D eigenvalue weighted by atomic mass is 16.5. The van der Waals surface area contributed by atoms with Crippen LogP contribution in [0.2, 0.25) is 0 Å². The smallest absolute Gasteiger partial charge is 0.124 e. The zero-order valence-electron chi connectivity index (χ0n) is 10.6. The third-order valence-electron chi connectivity index (χ3n) is 2.86. The quantitative estimate of drug-likeness (QED) is 0.840. The van der Waals surface area contributed by atoms with Crippen molar-refractivity contribution >= 4 is 5.69 Å². The monoisotopic (exact) mass is 243 g/mol. The fraction of sp³-hybridized carbons (Fsp3) is 0.200. The maximum absolute atomic E-state index is 5.74. The Hall–Kier alpha value is -2.16. The minimum atomic E-state index is 0.713. The third-order valence-corrected chi connectivity index (χ3v) is 2.86. The minimum absolute atomic E-state index is 0.713. The Morgan fingerprint density at radius 1 is 0.944 bits per heavy atom. The van der Waals surface area contributed by atoms with Crippen LogP contribution in [0.5, 0.6) is 11.5 Å². The summed E-state index contributed by atoms with van der Waals surface area (Å²) in [6.45, 7) is 0. The van der Waals surface area contributed by atoms with Gasteiger partial charge in [0.25, 0.3) is 0 Å². The predicted molar refractivity (Wildman–Crippen MR) is 73.2 cm³/mol. The number of methoxy groups -OCH3 is 2. The largest absolute Gasteiger partial charge is 0.497 e. The Bertz CT molecular complexity index is 521. The Kier molecular flexibility index (Phi) is 3.72. The van der Waals surface area contributed by atoms with Gasteiger partial charge in [0.2, 0.25) is 0 Å². The lowest BCUT2D eigenvalue weighted by molar-refractivity contribution is 0.410. The van der Waals surface area contributed by atoms with Crippen molar-refractivity contribution in [2.24, 2.45) is 0 Å². The second kappa shape index (κ2) is 5.45. The maximum Gasteiger partial charge on any atom is 0.124 e. The molecular formula is C15H17NO2. The summed E-state index contributed by atoms with van der Waals surface area (Å²) in [5, 5.41) is 0. The van der Waals surface area contributed by atoms with Crippen LogP contribution in [0.1, 0.15) is 11.1 Å². The first kappa shape index (κ1) is 12.3. The van der Waals surface area contributed by atoms with Crippen molar-refractivity contribution in [2.75, 3.05) is 20.0 Å². The molecule has 94 valence electrons. The summed E-state index contributed by atoms with van der Waals surface area (Å²) < 4.78 is 10.5. The van der Waals surface area contributed by atoms with Crippen LogP contribution in [-0.4, -0.2) is 14.2 Å². The molecule has 0 saturated carbocycles. The van der Waals surface area contributed by atoms with Crippen LogP contribution in [0.25, 0.3) is 0 Å². The van der Waals surface area contributed by atoms with Gasteiger partial charge < -0.3 is 15.2 Å². The van der Waals surface area contributed by atoms with Crippen molar-refractivity contribution < 1.29 is 9.47 Å². The Morgan fingerprint density at radius 3 is 2.28 bits per heavy atom. The Balaban J connectivity index is 2.22. The molecule has 2 rings (SSSR count). The van der Waals surface area contributed by atoms with E-state index in [0.717, 1.165) is 23.5 Å². The second-order valence-electron chi connectivity index (χ2n) is 4.10. The number of nitrogens with two attached hydrogens (primary N) is 1. The molecule has 0 aliphatic carbocycles. The molecule has 2 aromatic rings. The summed E-state index contributed by atoms with van der Waals surface area (Å²) >= 11 is 0. The molecule has 0 amide bonds. The highest BCUT2D eigenvalue weighted by molar-refractivity contribution is 5.50. The van der Waals surface area contributed by atoms with Crippen molar-refractivity contribution in [3.05, 3.63) is 53.6 Å². The molecule has 0 atom stereocenters. The van der Waals surface area contributed by atoms with Gasteiger partial charge in [-0.3, -0.25) is 0 Å². The van der Waals surface area contributed by atoms with Crippen molar-refractivity contribution in [1.82, 2.24) is 0 Å². The van der Waals surface area contributed by atoms with E-state index in [1.165, 1.54) is 5.56 Å². The Morgan fingerprint density at radius 2 is 1.67 bits per heavy atom. The first-order valence-electron chi connectivity index (χ1n) is 5.78. The van der Waals surface area contributed by atoms with Crippen LogP contribution < -0.4 is 15.2 Å². The van der Waals surface area contributed by atoms with Gasteiger partial charge >= 0.3 is 0 Å². The summed E-state index contributed by atoms with van der Waals surface area (Å²) in [5.74, 6) is 1.69. The van der Waals surface area contributed by atoms with Crippen LogP contribution in [0.15, 0.2) is 42.5 Å². The number of rotatable bonds is 4. The highest BCUT2D eigenvalue weighted by Crippen LogP contribution is 2.24. The van der Waals surface area contributed by atoms with Gasteiger partial charge in [0.1, 0.15) is 11.5 Å². The minimum Gasteiger partial charge on any atom is -0.497 e. The molecule has 0 bridgehead atoms. The van der Waals surface area contributed by atoms with Gasteiger partial charge in [0.15, 0.2) is 0 Å². The maximum atomic E-state index is 5.74. The number of hydrogen-bond acceptors (Lipinski definition) is 3. The van der Waals surface area contributed by atoms with Crippen LogP contribution in [0, 0.1) is 0 Å². The number of benzene rings is 2. The summed E-state index contributed by atoms with van der Waals surface area (Å²) in [6.07, 6.45) is 0.813. The van der Waals surface area contributed by atoms with Gasteiger partial charge in [-0.25, -0.2) is 0 Å². The molecule has 0 spiro atoms. The van der Waals surface area contributed by atoms with Crippen LogP contribution >= 0.6 is 0 Å². The SMILES string of the molecule is COc1ccc(Cc2ccc(N)cc2OC)cc1. The number of anilines is 1. The van der Waals surface area contributed by atoms with E-state index in [-0.39, 0.29) is 0 Å². The molecule has 18 heavy (non-hydrogen) atoms. The summed E-state index contributed by atoms with van der Waals surface area (Å²) in [6, 6.07) is 13.8. The fourth-order valence-corrected chi connectivity index (χ4v) is 1.87. The normalized spacial score (nSPS) is 10.1. The molecular weight excluding hydrogens is 226 g/mol. The lowest BCUT2D eigenvalue weighted by atomic mass is 10.0. The Labute approximate surface area is 107 Å². The molecule has 0 aliphatic heterocycles. The molecule has 3 heteroatoms. The van der Waals surface area contributed by atoms with E-state index in [9.17, 15) is 0 Å². The van der Waals surface area contributed by atoms with E-state index in [4.69, 9.17) is 15.2 Å². The van der Waals surface area contributed by atoms with Gasteiger partial charge in [-0.2, -0.15) is 0 Å². The molecule has 2 aromatic carbocycles. The van der Waals surface area contributed by atoms with E-state index < -0.39 is 0 Å². The van der Waals surface area contributed by atoms with Crippen molar-refractivity contribution in [2.45, 2.75) is 6.42 Å². The lowest BCUT2D eigenvalue weighted by Gasteiger charge is -2.09. The van der Waals surface area contributed by atoms with Crippen molar-refractivity contribution in [1.29, 1.82) is 0 Å². The van der Waals surface area contributed by atoms with E-state index in [2.05, 4.69) is 12.1 Å². The average molecular weight is 243 g/mol. The summed E-state index contributed by atoms with van der Waals surface area (Å²) in [4.78, 5) is 0. The molecule has 0 saturated heterocycles. The van der Waals surface area contributed by atoms with Gasteiger partial charge in [0, 0.05) is 18.2 Å². The summed E-state index contributed by atoms with van der Waals surface area (Å²) in [5.41, 5.74) is 8.78. The average Bonchev–Trinajstić information content (AvgIpc) is 2.41. The van der Waals surface area contributed by atoms with Gasteiger partial charge in [-0.15, -0.1) is 0 Å². The molecule has 0 unspecified atom stereocenters.